The fraction of sp³-hybridized carbons (Fsp3) is 0.143. The fourth-order valence-corrected chi connectivity index (χ4v) is 2.22. The van der Waals surface area contributed by atoms with E-state index in [1.54, 1.807) is 0 Å². The molecule has 2 aromatic rings. The van der Waals surface area contributed by atoms with Crippen molar-refractivity contribution in [3.63, 3.8) is 0 Å². The van der Waals surface area contributed by atoms with Gasteiger partial charge in [-0.3, -0.25) is 0 Å². The second-order valence-corrected chi connectivity index (χ2v) is 4.72. The highest BCUT2D eigenvalue weighted by Gasteiger charge is 2.34. The van der Waals surface area contributed by atoms with Crippen LogP contribution in [0.15, 0.2) is 18.2 Å². The van der Waals surface area contributed by atoms with E-state index in [0.29, 0.717) is 18.2 Å². The maximum Gasteiger partial charge on any atom is 0.416 e. The topological polar surface area (TPSA) is 0 Å². The summed E-state index contributed by atoms with van der Waals surface area (Å²) in [5.41, 5.74) is -3.65. The van der Waals surface area contributed by atoms with Gasteiger partial charge < -0.3 is 0 Å². The van der Waals surface area contributed by atoms with Crippen LogP contribution in [0, 0.1) is 29.1 Å². The minimum Gasteiger partial charge on any atom is -0.203 e. The van der Waals surface area contributed by atoms with Crippen LogP contribution in [0.2, 0.25) is 0 Å². The number of rotatable bonds is 2. The molecule has 0 N–H and O–H groups in total. The molecule has 0 spiro atoms. The molecular weight excluding hydrogens is 356 g/mol. The molecule has 0 saturated carbocycles. The lowest BCUT2D eigenvalue weighted by atomic mass is 9.98. The molecule has 0 aliphatic heterocycles. The SMILES string of the molecule is Fc1c(F)c(F)c(-c2ccc(C(F)(F)F)c(CCl)c2)c(F)c1F. The van der Waals surface area contributed by atoms with Gasteiger partial charge in [0.1, 0.15) is 0 Å². The van der Waals surface area contributed by atoms with E-state index in [4.69, 9.17) is 11.6 Å². The number of alkyl halides is 4. The van der Waals surface area contributed by atoms with Gasteiger partial charge in [-0.25, -0.2) is 22.0 Å². The highest BCUT2D eigenvalue weighted by atomic mass is 35.5. The number of hydrogen-bond donors (Lipinski definition) is 0. The molecule has 0 amide bonds. The third-order valence-corrected chi connectivity index (χ3v) is 3.34. The van der Waals surface area contributed by atoms with E-state index in [-0.39, 0.29) is 0 Å². The molecule has 0 nitrogen and oxygen atoms in total. The van der Waals surface area contributed by atoms with Crippen molar-refractivity contribution in [3.05, 3.63) is 58.4 Å². The number of benzene rings is 2. The zero-order chi connectivity index (χ0) is 17.5. The van der Waals surface area contributed by atoms with Gasteiger partial charge in [0, 0.05) is 5.88 Å². The van der Waals surface area contributed by atoms with Crippen molar-refractivity contribution < 1.29 is 35.1 Å². The van der Waals surface area contributed by atoms with Crippen LogP contribution < -0.4 is 0 Å². The molecule has 2 aromatic carbocycles. The smallest absolute Gasteiger partial charge is 0.203 e. The van der Waals surface area contributed by atoms with E-state index in [1.807, 2.05) is 0 Å². The van der Waals surface area contributed by atoms with Gasteiger partial charge in [-0.2, -0.15) is 13.2 Å². The summed E-state index contributed by atoms with van der Waals surface area (Å²) in [6.45, 7) is 0. The number of hydrogen-bond acceptors (Lipinski definition) is 0. The highest BCUT2D eigenvalue weighted by Crippen LogP contribution is 2.37. The van der Waals surface area contributed by atoms with Crippen molar-refractivity contribution >= 4 is 11.6 Å². The third-order valence-electron chi connectivity index (χ3n) is 3.05. The monoisotopic (exact) mass is 360 g/mol. The molecule has 0 heterocycles. The highest BCUT2D eigenvalue weighted by molar-refractivity contribution is 6.17. The molecule has 23 heavy (non-hydrogen) atoms. The predicted molar refractivity (Wildman–Crippen MR) is 66.2 cm³/mol. The molecule has 0 atom stereocenters. The standard InChI is InChI=1S/C14H5ClF8/c15-4-6-3-5(1-2-7(6)14(21,22)23)8-9(16)11(18)13(20)12(19)10(8)17/h1-3H,4H2. The average Bonchev–Trinajstić information content (AvgIpc) is 2.50. The van der Waals surface area contributed by atoms with Crippen LogP contribution in [-0.2, 0) is 12.1 Å². The van der Waals surface area contributed by atoms with Gasteiger partial charge in [0.15, 0.2) is 23.3 Å². The Hall–Kier alpha value is -1.83. The Morgan fingerprint density at radius 1 is 0.783 bits per heavy atom. The second-order valence-electron chi connectivity index (χ2n) is 4.45. The van der Waals surface area contributed by atoms with Crippen LogP contribution in [0.4, 0.5) is 35.1 Å². The Morgan fingerprint density at radius 2 is 1.26 bits per heavy atom. The van der Waals surface area contributed by atoms with Crippen molar-refractivity contribution in [2.75, 3.05) is 0 Å². The summed E-state index contributed by atoms with van der Waals surface area (Å²) in [5.74, 6) is -11.7. The molecule has 0 unspecified atom stereocenters. The maximum absolute atomic E-state index is 13.7. The van der Waals surface area contributed by atoms with Crippen molar-refractivity contribution in [3.8, 4) is 11.1 Å². The third kappa shape index (κ3) is 2.99. The molecular formula is C14H5ClF8. The average molecular weight is 361 g/mol. The first-order valence-corrected chi connectivity index (χ1v) is 6.41. The molecule has 2 rings (SSSR count). The molecule has 9 heteroatoms. The Bertz CT molecular complexity index is 737. The van der Waals surface area contributed by atoms with Crippen LogP contribution in [0.3, 0.4) is 0 Å². The van der Waals surface area contributed by atoms with Gasteiger partial charge in [-0.15, -0.1) is 11.6 Å². The minimum absolute atomic E-state index is 0.463. The fourth-order valence-electron chi connectivity index (χ4n) is 1.99. The Kier molecular flexibility index (Phi) is 4.57. The first kappa shape index (κ1) is 17.5. The van der Waals surface area contributed by atoms with Crippen molar-refractivity contribution in [2.24, 2.45) is 0 Å². The van der Waals surface area contributed by atoms with E-state index in [9.17, 15) is 35.1 Å². The molecule has 124 valence electrons. The lowest BCUT2D eigenvalue weighted by Crippen LogP contribution is -2.09. The van der Waals surface area contributed by atoms with Crippen LogP contribution >= 0.6 is 11.6 Å². The van der Waals surface area contributed by atoms with E-state index in [0.717, 1.165) is 0 Å². The minimum atomic E-state index is -4.78. The van der Waals surface area contributed by atoms with Gasteiger partial charge in [0.2, 0.25) is 5.82 Å². The second kappa shape index (κ2) is 5.99. The zero-order valence-corrected chi connectivity index (χ0v) is 11.6. The zero-order valence-electron chi connectivity index (χ0n) is 10.8. The lowest BCUT2D eigenvalue weighted by Gasteiger charge is -2.14. The van der Waals surface area contributed by atoms with E-state index in [2.05, 4.69) is 0 Å². The summed E-state index contributed by atoms with van der Waals surface area (Å²) < 4.78 is 105. The summed E-state index contributed by atoms with van der Waals surface area (Å²) in [6.07, 6.45) is -4.78. The first-order chi connectivity index (χ1) is 10.6. The molecule has 0 aliphatic carbocycles. The lowest BCUT2D eigenvalue weighted by molar-refractivity contribution is -0.138. The Labute approximate surface area is 129 Å². The summed E-state index contributed by atoms with van der Waals surface area (Å²) in [4.78, 5) is 0. The van der Waals surface area contributed by atoms with Gasteiger partial charge in [0.25, 0.3) is 0 Å². The van der Waals surface area contributed by atoms with Gasteiger partial charge in [-0.05, 0) is 23.3 Å². The van der Waals surface area contributed by atoms with Gasteiger partial charge >= 0.3 is 6.18 Å². The first-order valence-electron chi connectivity index (χ1n) is 5.87. The molecule has 0 fully saturated rings. The van der Waals surface area contributed by atoms with E-state index >= 15 is 0 Å². The Balaban J connectivity index is 2.74. The van der Waals surface area contributed by atoms with Crippen molar-refractivity contribution in [2.45, 2.75) is 12.1 Å². The largest absolute Gasteiger partial charge is 0.416 e. The molecule has 0 bridgehead atoms. The predicted octanol–water partition coefficient (Wildman–Crippen LogP) is 5.81. The molecule has 0 saturated heterocycles. The molecule has 0 aromatic heterocycles. The van der Waals surface area contributed by atoms with Gasteiger partial charge in [-0.1, -0.05) is 6.07 Å². The molecule has 0 radical (unpaired) electrons. The normalized spacial score (nSPS) is 11.9. The van der Waals surface area contributed by atoms with Crippen LogP contribution in [0.25, 0.3) is 11.1 Å². The summed E-state index contributed by atoms with van der Waals surface area (Å²) in [6, 6.07) is 1.70. The van der Waals surface area contributed by atoms with Crippen molar-refractivity contribution in [1.29, 1.82) is 0 Å². The maximum atomic E-state index is 13.7. The quantitative estimate of drug-likeness (QED) is 0.274. The van der Waals surface area contributed by atoms with Crippen LogP contribution in [0.1, 0.15) is 11.1 Å². The van der Waals surface area contributed by atoms with E-state index < -0.39 is 63.4 Å². The Morgan fingerprint density at radius 3 is 1.70 bits per heavy atom. The van der Waals surface area contributed by atoms with Crippen molar-refractivity contribution in [1.82, 2.24) is 0 Å². The molecule has 0 aliphatic rings. The summed E-state index contributed by atoms with van der Waals surface area (Å²) >= 11 is 5.37. The van der Waals surface area contributed by atoms with E-state index in [1.165, 1.54) is 0 Å². The summed E-state index contributed by atoms with van der Waals surface area (Å²) in [5, 5.41) is 0. The van der Waals surface area contributed by atoms with Crippen LogP contribution in [-0.4, -0.2) is 0 Å². The number of halogens is 9. The van der Waals surface area contributed by atoms with Crippen LogP contribution in [0.5, 0.6) is 0 Å². The summed E-state index contributed by atoms with van der Waals surface area (Å²) in [7, 11) is 0. The van der Waals surface area contributed by atoms with Gasteiger partial charge in [0.05, 0.1) is 11.1 Å².